The predicted octanol–water partition coefficient (Wildman–Crippen LogP) is 2.29. The Morgan fingerprint density at radius 2 is 2.22 bits per heavy atom. The molecule has 2 fully saturated rings. The lowest BCUT2D eigenvalue weighted by Gasteiger charge is -2.29. The van der Waals surface area contributed by atoms with E-state index in [4.69, 9.17) is 11.6 Å². The maximum absolute atomic E-state index is 13.3. The molecule has 1 N–H and O–H groups in total. The smallest absolute Gasteiger partial charge is 0.232 e. The minimum Gasteiger partial charge on any atom is -0.353 e. The van der Waals surface area contributed by atoms with Crippen LogP contribution in [0.15, 0.2) is 36.7 Å². The number of aromatic nitrogens is 2. The summed E-state index contributed by atoms with van der Waals surface area (Å²) in [5.74, 6) is 0.989. The van der Waals surface area contributed by atoms with Crippen molar-refractivity contribution in [3.63, 3.8) is 0 Å². The van der Waals surface area contributed by atoms with Gasteiger partial charge in [-0.25, -0.2) is 4.98 Å². The SMILES string of the molecule is Cc1nccn1CCNC(=O)C1(c2ccccc2Cl)CC2CCC(=O)N2C1. The molecule has 1 aromatic heterocycles. The van der Waals surface area contributed by atoms with Crippen molar-refractivity contribution in [2.75, 3.05) is 13.1 Å². The van der Waals surface area contributed by atoms with Gasteiger partial charge in [-0.15, -0.1) is 0 Å². The van der Waals surface area contributed by atoms with E-state index in [1.54, 1.807) is 6.20 Å². The van der Waals surface area contributed by atoms with Crippen molar-refractivity contribution in [3.8, 4) is 0 Å². The number of carbonyl (C=O) groups is 2. The molecule has 4 rings (SSSR count). The lowest BCUT2D eigenvalue weighted by Crippen LogP contribution is -2.48. The molecule has 0 spiro atoms. The Morgan fingerprint density at radius 1 is 1.41 bits per heavy atom. The molecule has 6 nitrogen and oxygen atoms in total. The van der Waals surface area contributed by atoms with Crippen molar-refractivity contribution in [3.05, 3.63) is 53.1 Å². The number of hydrogen-bond acceptors (Lipinski definition) is 3. The Kier molecular flexibility index (Phi) is 4.68. The van der Waals surface area contributed by atoms with Crippen LogP contribution < -0.4 is 5.32 Å². The molecule has 0 aliphatic carbocycles. The molecular formula is C20H23ClN4O2. The van der Waals surface area contributed by atoms with Crippen LogP contribution in [0.4, 0.5) is 0 Å². The second kappa shape index (κ2) is 7.00. The molecule has 0 saturated carbocycles. The van der Waals surface area contributed by atoms with Crippen LogP contribution >= 0.6 is 11.6 Å². The lowest BCUT2D eigenvalue weighted by atomic mass is 9.76. The van der Waals surface area contributed by atoms with Crippen LogP contribution in [0.3, 0.4) is 0 Å². The normalized spacial score (nSPS) is 24.3. The molecule has 2 aliphatic heterocycles. The highest BCUT2D eigenvalue weighted by molar-refractivity contribution is 6.31. The van der Waals surface area contributed by atoms with E-state index in [0.717, 1.165) is 17.8 Å². The minimum absolute atomic E-state index is 0.0597. The number of rotatable bonds is 5. The van der Waals surface area contributed by atoms with Crippen molar-refractivity contribution in [2.24, 2.45) is 0 Å². The molecule has 2 unspecified atom stereocenters. The molecule has 2 amide bonds. The zero-order valence-electron chi connectivity index (χ0n) is 15.3. The maximum Gasteiger partial charge on any atom is 0.232 e. The van der Waals surface area contributed by atoms with Crippen LogP contribution in [0, 0.1) is 6.92 Å². The summed E-state index contributed by atoms with van der Waals surface area (Å²) < 4.78 is 2.00. The molecule has 2 atom stereocenters. The van der Waals surface area contributed by atoms with Gasteiger partial charge in [-0.2, -0.15) is 0 Å². The molecule has 0 radical (unpaired) electrons. The molecule has 2 saturated heterocycles. The van der Waals surface area contributed by atoms with Gasteiger partial charge >= 0.3 is 0 Å². The third-order valence-electron chi connectivity index (χ3n) is 5.86. The fraction of sp³-hybridized carbons (Fsp3) is 0.450. The van der Waals surface area contributed by atoms with Gasteiger partial charge < -0.3 is 14.8 Å². The summed E-state index contributed by atoms with van der Waals surface area (Å²) >= 11 is 6.47. The second-order valence-corrected chi connectivity index (χ2v) is 7.81. The van der Waals surface area contributed by atoms with E-state index < -0.39 is 5.41 Å². The first-order valence-electron chi connectivity index (χ1n) is 9.32. The van der Waals surface area contributed by atoms with Crippen molar-refractivity contribution < 1.29 is 9.59 Å². The van der Waals surface area contributed by atoms with Crippen LogP contribution in [-0.4, -0.2) is 45.4 Å². The summed E-state index contributed by atoms with van der Waals surface area (Å²) in [6, 6.07) is 7.60. The highest BCUT2D eigenvalue weighted by Gasteiger charge is 2.54. The van der Waals surface area contributed by atoms with Crippen molar-refractivity contribution in [1.82, 2.24) is 19.8 Å². The molecule has 27 heavy (non-hydrogen) atoms. The number of nitrogens with one attached hydrogen (secondary N) is 1. The van der Waals surface area contributed by atoms with Gasteiger partial charge in [-0.05, 0) is 31.4 Å². The number of benzene rings is 1. The molecule has 2 aliphatic rings. The minimum atomic E-state index is -0.789. The Morgan fingerprint density at radius 3 is 2.93 bits per heavy atom. The predicted molar refractivity (Wildman–Crippen MR) is 102 cm³/mol. The van der Waals surface area contributed by atoms with Crippen LogP contribution in [0.1, 0.15) is 30.7 Å². The topological polar surface area (TPSA) is 67.2 Å². The summed E-state index contributed by atoms with van der Waals surface area (Å²) in [5, 5.41) is 3.65. The monoisotopic (exact) mass is 386 g/mol. The van der Waals surface area contributed by atoms with E-state index in [-0.39, 0.29) is 17.9 Å². The van der Waals surface area contributed by atoms with Crippen LogP contribution in [0.5, 0.6) is 0 Å². The Balaban J connectivity index is 1.57. The summed E-state index contributed by atoms with van der Waals surface area (Å²) in [4.78, 5) is 31.6. The number of amides is 2. The zero-order valence-corrected chi connectivity index (χ0v) is 16.1. The van der Waals surface area contributed by atoms with Gasteiger partial charge in [0.2, 0.25) is 11.8 Å². The molecule has 1 aromatic carbocycles. The average Bonchev–Trinajstić information content (AvgIpc) is 3.33. The molecule has 0 bridgehead atoms. The summed E-state index contributed by atoms with van der Waals surface area (Å²) in [7, 11) is 0. The van der Waals surface area contributed by atoms with E-state index in [2.05, 4.69) is 10.3 Å². The summed E-state index contributed by atoms with van der Waals surface area (Å²) in [5.41, 5.74) is 0.0217. The van der Waals surface area contributed by atoms with Gasteiger partial charge in [-0.1, -0.05) is 29.8 Å². The van der Waals surface area contributed by atoms with E-state index >= 15 is 0 Å². The van der Waals surface area contributed by atoms with Gasteiger partial charge in [0.1, 0.15) is 5.82 Å². The standard InChI is InChI=1S/C20H23ClN4O2/c1-14-22-8-10-24(14)11-9-23-19(27)20(16-4-2-3-5-17(16)21)12-15-6-7-18(26)25(15)13-20/h2-5,8,10,15H,6-7,9,11-13H2,1H3,(H,23,27). The highest BCUT2D eigenvalue weighted by atomic mass is 35.5. The van der Waals surface area contributed by atoms with Crippen LogP contribution in [0.25, 0.3) is 0 Å². The number of hydrogen-bond donors (Lipinski definition) is 1. The van der Waals surface area contributed by atoms with E-state index in [9.17, 15) is 9.59 Å². The third-order valence-corrected chi connectivity index (χ3v) is 6.19. The van der Waals surface area contributed by atoms with Crippen molar-refractivity contribution in [1.29, 1.82) is 0 Å². The Bertz CT molecular complexity index is 880. The first-order chi connectivity index (χ1) is 13.0. The number of halogens is 1. The van der Waals surface area contributed by atoms with E-state index in [1.807, 2.05) is 46.9 Å². The number of imidazole rings is 1. The quantitative estimate of drug-likeness (QED) is 0.857. The zero-order chi connectivity index (χ0) is 19.0. The van der Waals surface area contributed by atoms with E-state index in [1.165, 1.54) is 0 Å². The van der Waals surface area contributed by atoms with Gasteiger partial charge in [0.05, 0.1) is 5.41 Å². The molecule has 3 heterocycles. The largest absolute Gasteiger partial charge is 0.353 e. The second-order valence-electron chi connectivity index (χ2n) is 7.40. The van der Waals surface area contributed by atoms with Crippen LogP contribution in [0.2, 0.25) is 5.02 Å². The number of aryl methyl sites for hydroxylation is 1. The van der Waals surface area contributed by atoms with Gasteiger partial charge in [0, 0.05) is 49.5 Å². The summed E-state index contributed by atoms with van der Waals surface area (Å²) in [6.45, 7) is 3.49. The molecular weight excluding hydrogens is 364 g/mol. The summed E-state index contributed by atoms with van der Waals surface area (Å²) in [6.07, 6.45) is 5.66. The number of fused-ring (bicyclic) bond motifs is 1. The van der Waals surface area contributed by atoms with Crippen LogP contribution in [-0.2, 0) is 21.5 Å². The third kappa shape index (κ3) is 3.12. The number of carbonyl (C=O) groups excluding carboxylic acids is 2. The van der Waals surface area contributed by atoms with Crippen molar-refractivity contribution in [2.45, 2.75) is 44.2 Å². The fourth-order valence-electron chi connectivity index (χ4n) is 4.41. The van der Waals surface area contributed by atoms with Gasteiger partial charge in [0.25, 0.3) is 0 Å². The molecule has 2 aromatic rings. The highest BCUT2D eigenvalue weighted by Crippen LogP contribution is 2.45. The Hall–Kier alpha value is -2.34. The lowest BCUT2D eigenvalue weighted by molar-refractivity contribution is -0.129. The van der Waals surface area contributed by atoms with E-state index in [0.29, 0.717) is 37.5 Å². The molecule has 7 heteroatoms. The first-order valence-corrected chi connectivity index (χ1v) is 9.69. The average molecular weight is 387 g/mol. The maximum atomic E-state index is 13.3. The first kappa shape index (κ1) is 18.0. The van der Waals surface area contributed by atoms with Gasteiger partial charge in [0.15, 0.2) is 0 Å². The molecule has 142 valence electrons. The van der Waals surface area contributed by atoms with Gasteiger partial charge in [-0.3, -0.25) is 9.59 Å². The van der Waals surface area contributed by atoms with Crippen molar-refractivity contribution >= 4 is 23.4 Å². The number of nitrogens with zero attached hydrogens (tertiary/aromatic N) is 3. The Labute approximate surface area is 163 Å². The fourth-order valence-corrected chi connectivity index (χ4v) is 4.73.